The zero-order valence-corrected chi connectivity index (χ0v) is 17.5. The van der Waals surface area contributed by atoms with Gasteiger partial charge >= 0.3 is 0 Å². The molecule has 0 spiro atoms. The van der Waals surface area contributed by atoms with Crippen LogP contribution in [0.3, 0.4) is 0 Å². The molecule has 0 aliphatic carbocycles. The largest absolute Gasteiger partial charge is 0.348 e. The lowest BCUT2D eigenvalue weighted by molar-refractivity contribution is 0.0950. The van der Waals surface area contributed by atoms with E-state index in [1.54, 1.807) is 31.5 Å². The first-order valence-corrected chi connectivity index (χ1v) is 10.7. The number of hydrogen-bond acceptors (Lipinski definition) is 4. The highest BCUT2D eigenvalue weighted by Crippen LogP contribution is 2.27. The van der Waals surface area contributed by atoms with Gasteiger partial charge in [-0.3, -0.25) is 14.5 Å². The van der Waals surface area contributed by atoms with E-state index in [2.05, 4.69) is 15.0 Å². The molecular formula is C21H20ClN3O3S. The molecule has 1 aromatic heterocycles. The molecule has 3 rings (SSSR count). The number of rotatable bonds is 6. The van der Waals surface area contributed by atoms with Crippen LogP contribution in [0.15, 0.2) is 65.8 Å². The number of aromatic nitrogens is 1. The molecule has 2 N–H and O–H groups in total. The summed E-state index contributed by atoms with van der Waals surface area (Å²) in [5.41, 5.74) is 3.19. The van der Waals surface area contributed by atoms with E-state index in [-0.39, 0.29) is 22.0 Å². The average Bonchev–Trinajstić information content (AvgIpc) is 2.69. The van der Waals surface area contributed by atoms with Crippen molar-refractivity contribution in [2.24, 2.45) is 0 Å². The molecule has 6 nitrogen and oxygen atoms in total. The highest BCUT2D eigenvalue weighted by atomic mass is 35.5. The van der Waals surface area contributed by atoms with Gasteiger partial charge in [0.2, 0.25) is 0 Å². The van der Waals surface area contributed by atoms with Crippen LogP contribution in [0.4, 0.5) is 5.69 Å². The smallest absolute Gasteiger partial charge is 0.263 e. The van der Waals surface area contributed by atoms with Gasteiger partial charge in [-0.25, -0.2) is 8.42 Å². The third-order valence-corrected chi connectivity index (χ3v) is 6.14. The minimum absolute atomic E-state index is 0.0339. The molecule has 0 bridgehead atoms. The van der Waals surface area contributed by atoms with Gasteiger partial charge < -0.3 is 5.32 Å². The number of nitrogens with zero attached hydrogens (tertiary/aromatic N) is 1. The molecule has 0 aliphatic rings. The first-order valence-electron chi connectivity index (χ1n) is 8.83. The molecule has 29 heavy (non-hydrogen) atoms. The highest BCUT2D eigenvalue weighted by molar-refractivity contribution is 7.92. The second-order valence-electron chi connectivity index (χ2n) is 6.61. The Bertz CT molecular complexity index is 1150. The number of anilines is 1. The van der Waals surface area contributed by atoms with Crippen molar-refractivity contribution in [3.8, 4) is 0 Å². The topological polar surface area (TPSA) is 88.2 Å². The maximum absolute atomic E-state index is 12.9. The lowest BCUT2D eigenvalue weighted by atomic mass is 10.1. The Morgan fingerprint density at radius 1 is 1.10 bits per heavy atom. The molecule has 0 saturated carbocycles. The molecule has 150 valence electrons. The number of halogens is 1. The number of amides is 1. The van der Waals surface area contributed by atoms with Crippen molar-refractivity contribution in [2.45, 2.75) is 25.3 Å². The molecule has 0 aliphatic heterocycles. The van der Waals surface area contributed by atoms with Crippen molar-refractivity contribution in [1.29, 1.82) is 0 Å². The van der Waals surface area contributed by atoms with Crippen LogP contribution >= 0.6 is 11.6 Å². The van der Waals surface area contributed by atoms with E-state index in [1.165, 1.54) is 18.2 Å². The molecule has 1 amide bonds. The predicted molar refractivity (Wildman–Crippen MR) is 114 cm³/mol. The Morgan fingerprint density at radius 2 is 1.90 bits per heavy atom. The van der Waals surface area contributed by atoms with Crippen molar-refractivity contribution in [2.75, 3.05) is 4.72 Å². The van der Waals surface area contributed by atoms with Crippen molar-refractivity contribution >= 4 is 33.2 Å². The first kappa shape index (κ1) is 20.8. The number of hydrogen-bond donors (Lipinski definition) is 2. The summed E-state index contributed by atoms with van der Waals surface area (Å²) in [7, 11) is -3.98. The van der Waals surface area contributed by atoms with E-state index in [9.17, 15) is 13.2 Å². The molecule has 0 radical (unpaired) electrons. The average molecular weight is 430 g/mol. The summed E-state index contributed by atoms with van der Waals surface area (Å²) < 4.78 is 28.4. The van der Waals surface area contributed by atoms with Crippen LogP contribution in [0.1, 0.15) is 27.0 Å². The van der Waals surface area contributed by atoms with Crippen LogP contribution in [0.2, 0.25) is 5.02 Å². The van der Waals surface area contributed by atoms with Gasteiger partial charge in [-0.15, -0.1) is 0 Å². The lowest BCUT2D eigenvalue weighted by Crippen LogP contribution is -2.23. The number of sulfonamides is 1. The Kier molecular flexibility index (Phi) is 6.20. The molecule has 1 heterocycles. The Balaban J connectivity index is 1.84. The minimum atomic E-state index is -3.98. The zero-order valence-electron chi connectivity index (χ0n) is 15.9. The SMILES string of the molecule is Cc1ccc(C)c(NS(=O)(=O)c2cc(C(=O)NCc3cccnc3)ccc2Cl)c1. The molecule has 0 saturated heterocycles. The van der Waals surface area contributed by atoms with Gasteiger partial charge in [-0.1, -0.05) is 29.8 Å². The minimum Gasteiger partial charge on any atom is -0.348 e. The summed E-state index contributed by atoms with van der Waals surface area (Å²) in [5.74, 6) is -0.409. The van der Waals surface area contributed by atoms with Gasteiger partial charge in [0.15, 0.2) is 0 Å². The van der Waals surface area contributed by atoms with Gasteiger partial charge in [0.1, 0.15) is 4.90 Å². The zero-order chi connectivity index (χ0) is 21.0. The standard InChI is InChI=1S/C21H20ClN3O3S/c1-14-5-6-15(2)19(10-14)25-29(27,28)20-11-17(7-8-18(20)22)21(26)24-13-16-4-3-9-23-12-16/h3-12,25H,13H2,1-2H3,(H,24,26). The van der Waals surface area contributed by atoms with Gasteiger partial charge in [0, 0.05) is 24.5 Å². The summed E-state index contributed by atoms with van der Waals surface area (Å²) >= 11 is 6.14. The second kappa shape index (κ2) is 8.63. The number of benzene rings is 2. The van der Waals surface area contributed by atoms with Crippen LogP contribution in [0, 0.1) is 13.8 Å². The third kappa shape index (κ3) is 5.13. The maximum Gasteiger partial charge on any atom is 0.263 e. The fourth-order valence-corrected chi connectivity index (χ4v) is 4.33. The van der Waals surface area contributed by atoms with E-state index in [4.69, 9.17) is 11.6 Å². The molecule has 8 heteroatoms. The molecular weight excluding hydrogens is 410 g/mol. The van der Waals surface area contributed by atoms with Crippen molar-refractivity contribution in [3.05, 3.63) is 88.2 Å². The predicted octanol–water partition coefficient (Wildman–Crippen LogP) is 4.08. The molecule has 3 aromatic rings. The maximum atomic E-state index is 12.9. The van der Waals surface area contributed by atoms with E-state index in [1.807, 2.05) is 25.1 Å². The first-order chi connectivity index (χ1) is 13.8. The lowest BCUT2D eigenvalue weighted by Gasteiger charge is -2.13. The number of carbonyl (C=O) groups excluding carboxylic acids is 1. The van der Waals surface area contributed by atoms with E-state index >= 15 is 0 Å². The summed E-state index contributed by atoms with van der Waals surface area (Å²) in [6.07, 6.45) is 3.29. The molecule has 0 fully saturated rings. The van der Waals surface area contributed by atoms with Gasteiger partial charge in [-0.2, -0.15) is 0 Å². The third-order valence-electron chi connectivity index (χ3n) is 4.30. The summed E-state index contributed by atoms with van der Waals surface area (Å²) in [5, 5.41) is 2.78. The van der Waals surface area contributed by atoms with Crippen LogP contribution in [-0.4, -0.2) is 19.3 Å². The van der Waals surface area contributed by atoms with E-state index < -0.39 is 15.9 Å². The van der Waals surface area contributed by atoms with Crippen LogP contribution in [0.5, 0.6) is 0 Å². The number of pyridine rings is 1. The van der Waals surface area contributed by atoms with Crippen molar-refractivity contribution in [1.82, 2.24) is 10.3 Å². The monoisotopic (exact) mass is 429 g/mol. The fourth-order valence-electron chi connectivity index (χ4n) is 2.68. The van der Waals surface area contributed by atoms with Gasteiger partial charge in [0.25, 0.3) is 15.9 Å². The van der Waals surface area contributed by atoms with Crippen LogP contribution in [-0.2, 0) is 16.6 Å². The fraction of sp³-hybridized carbons (Fsp3) is 0.143. The molecule has 2 aromatic carbocycles. The van der Waals surface area contributed by atoms with Crippen molar-refractivity contribution in [3.63, 3.8) is 0 Å². The summed E-state index contributed by atoms with van der Waals surface area (Å²) in [6.45, 7) is 3.96. The van der Waals surface area contributed by atoms with Gasteiger partial charge in [-0.05, 0) is 60.9 Å². The van der Waals surface area contributed by atoms with Gasteiger partial charge in [0.05, 0.1) is 10.7 Å². The summed E-state index contributed by atoms with van der Waals surface area (Å²) in [4.78, 5) is 16.3. The number of nitrogens with one attached hydrogen (secondary N) is 2. The Labute approximate surface area is 175 Å². The summed E-state index contributed by atoms with van der Waals surface area (Å²) in [6, 6.07) is 13.2. The highest BCUT2D eigenvalue weighted by Gasteiger charge is 2.21. The normalized spacial score (nSPS) is 11.1. The Morgan fingerprint density at radius 3 is 2.62 bits per heavy atom. The Hall–Kier alpha value is -2.90. The van der Waals surface area contributed by atoms with Crippen molar-refractivity contribution < 1.29 is 13.2 Å². The van der Waals surface area contributed by atoms with Crippen LogP contribution in [0.25, 0.3) is 0 Å². The number of carbonyl (C=O) groups is 1. The van der Waals surface area contributed by atoms with E-state index in [0.717, 1.165) is 16.7 Å². The number of aryl methyl sites for hydroxylation is 2. The quantitative estimate of drug-likeness (QED) is 0.617. The second-order valence-corrected chi connectivity index (χ2v) is 8.67. The molecule has 0 atom stereocenters. The van der Waals surface area contributed by atoms with Crippen LogP contribution < -0.4 is 10.0 Å². The van der Waals surface area contributed by atoms with E-state index in [0.29, 0.717) is 5.69 Å². The molecule has 0 unspecified atom stereocenters.